The van der Waals surface area contributed by atoms with E-state index < -0.39 is 0 Å². The molecule has 3 N–H and O–H groups in total. The van der Waals surface area contributed by atoms with Crippen LogP contribution in [-0.2, 0) is 17.8 Å². The smallest absolute Gasteiger partial charge is 0.221 e. The lowest BCUT2D eigenvalue weighted by Gasteiger charge is -2.19. The number of nitrogens with one attached hydrogen (secondary N) is 1. The van der Waals surface area contributed by atoms with E-state index in [2.05, 4.69) is 14.9 Å². The Balaban J connectivity index is 1.91. The molecule has 104 valence electrons. The highest BCUT2D eigenvalue weighted by Crippen LogP contribution is 2.24. The fourth-order valence-corrected chi connectivity index (χ4v) is 2.57. The van der Waals surface area contributed by atoms with Gasteiger partial charge in [-0.25, -0.2) is 4.98 Å². The number of imidazole rings is 1. The van der Waals surface area contributed by atoms with Gasteiger partial charge < -0.3 is 15.6 Å². The number of aromatic nitrogens is 2. The van der Waals surface area contributed by atoms with Gasteiger partial charge in [0.2, 0.25) is 5.91 Å². The number of carbonyl (C=O) groups excluding carboxylic acids is 1. The van der Waals surface area contributed by atoms with E-state index >= 15 is 0 Å². The minimum absolute atomic E-state index is 0.0720. The molecule has 0 spiro atoms. The Bertz CT molecular complexity index is 647. The molecule has 0 bridgehead atoms. The number of hydrogen-bond donors (Lipinski definition) is 2. The van der Waals surface area contributed by atoms with Crippen molar-refractivity contribution in [1.82, 2.24) is 9.55 Å². The number of rotatable bonds is 2. The first kappa shape index (κ1) is 12.9. The normalized spacial score (nSPS) is 17.6. The number of fused-ring (bicyclic) bond motifs is 1. The molecule has 2 heterocycles. The zero-order valence-electron chi connectivity index (χ0n) is 11.5. The van der Waals surface area contributed by atoms with Crippen LogP contribution in [0.25, 0.3) is 11.3 Å². The first-order valence-corrected chi connectivity index (χ1v) is 6.81. The molecule has 5 nitrogen and oxygen atoms in total. The number of carbonyl (C=O) groups is 1. The van der Waals surface area contributed by atoms with Crippen molar-refractivity contribution in [2.45, 2.75) is 32.4 Å². The van der Waals surface area contributed by atoms with Crippen molar-refractivity contribution in [2.75, 3.05) is 5.32 Å². The van der Waals surface area contributed by atoms with Gasteiger partial charge >= 0.3 is 0 Å². The topological polar surface area (TPSA) is 72.9 Å². The first-order valence-electron chi connectivity index (χ1n) is 6.81. The number of nitrogens with two attached hydrogens (primary N) is 1. The summed E-state index contributed by atoms with van der Waals surface area (Å²) in [6.07, 6.45) is 3.95. The van der Waals surface area contributed by atoms with Crippen molar-refractivity contribution in [3.8, 4) is 11.3 Å². The van der Waals surface area contributed by atoms with Crippen LogP contribution in [0, 0.1) is 0 Å². The molecular weight excluding hydrogens is 252 g/mol. The van der Waals surface area contributed by atoms with E-state index in [-0.39, 0.29) is 11.9 Å². The molecule has 1 atom stereocenters. The summed E-state index contributed by atoms with van der Waals surface area (Å²) in [7, 11) is 0. The van der Waals surface area contributed by atoms with Crippen molar-refractivity contribution in [3.05, 3.63) is 36.3 Å². The summed E-state index contributed by atoms with van der Waals surface area (Å²) in [5.41, 5.74) is 8.71. The van der Waals surface area contributed by atoms with Gasteiger partial charge in [0.15, 0.2) is 0 Å². The maximum absolute atomic E-state index is 11.1. The second kappa shape index (κ2) is 5.09. The van der Waals surface area contributed by atoms with E-state index in [9.17, 15) is 4.79 Å². The molecule has 0 radical (unpaired) electrons. The minimum atomic E-state index is -0.0720. The summed E-state index contributed by atoms with van der Waals surface area (Å²) in [6.45, 7) is 2.33. The summed E-state index contributed by atoms with van der Waals surface area (Å²) >= 11 is 0. The average molecular weight is 270 g/mol. The van der Waals surface area contributed by atoms with Crippen LogP contribution in [0.1, 0.15) is 19.2 Å². The van der Waals surface area contributed by atoms with Gasteiger partial charge in [-0.2, -0.15) is 0 Å². The van der Waals surface area contributed by atoms with Crippen molar-refractivity contribution in [1.29, 1.82) is 0 Å². The van der Waals surface area contributed by atoms with E-state index in [0.717, 1.165) is 42.2 Å². The highest BCUT2D eigenvalue weighted by atomic mass is 16.1. The van der Waals surface area contributed by atoms with E-state index in [0.29, 0.717) is 0 Å². The van der Waals surface area contributed by atoms with E-state index in [1.54, 1.807) is 0 Å². The monoisotopic (exact) mass is 270 g/mol. The average Bonchev–Trinajstić information content (AvgIpc) is 2.81. The van der Waals surface area contributed by atoms with Crippen LogP contribution >= 0.6 is 0 Å². The highest BCUT2D eigenvalue weighted by molar-refractivity contribution is 5.89. The van der Waals surface area contributed by atoms with Crippen molar-refractivity contribution < 1.29 is 4.79 Å². The molecule has 1 unspecified atom stereocenters. The lowest BCUT2D eigenvalue weighted by molar-refractivity contribution is -0.114. The summed E-state index contributed by atoms with van der Waals surface area (Å²) in [5, 5.41) is 2.79. The lowest BCUT2D eigenvalue weighted by Crippen LogP contribution is -2.31. The first-order chi connectivity index (χ1) is 9.61. The maximum Gasteiger partial charge on any atom is 0.221 e. The van der Waals surface area contributed by atoms with Crippen LogP contribution in [0.4, 0.5) is 5.69 Å². The van der Waals surface area contributed by atoms with Crippen molar-refractivity contribution in [3.63, 3.8) is 0 Å². The maximum atomic E-state index is 11.1. The van der Waals surface area contributed by atoms with Crippen molar-refractivity contribution in [2.24, 2.45) is 5.73 Å². The van der Waals surface area contributed by atoms with Crippen LogP contribution < -0.4 is 11.1 Å². The Labute approximate surface area is 117 Å². The van der Waals surface area contributed by atoms with Crippen molar-refractivity contribution >= 4 is 11.6 Å². The zero-order valence-corrected chi connectivity index (χ0v) is 11.5. The molecule has 3 rings (SSSR count). The third-order valence-corrected chi connectivity index (χ3v) is 3.51. The summed E-state index contributed by atoms with van der Waals surface area (Å²) in [5.74, 6) is 1.02. The van der Waals surface area contributed by atoms with Gasteiger partial charge in [-0.15, -0.1) is 0 Å². The third-order valence-electron chi connectivity index (χ3n) is 3.51. The molecule has 1 aromatic carbocycles. The number of benzene rings is 1. The Kier molecular flexibility index (Phi) is 3.28. The number of amides is 1. The molecule has 0 aliphatic carbocycles. The largest absolute Gasteiger partial charge is 0.333 e. The second-order valence-corrected chi connectivity index (χ2v) is 5.26. The fourth-order valence-electron chi connectivity index (χ4n) is 2.57. The summed E-state index contributed by atoms with van der Waals surface area (Å²) in [6, 6.07) is 7.95. The van der Waals surface area contributed by atoms with Crippen LogP contribution in [0.15, 0.2) is 30.5 Å². The van der Waals surface area contributed by atoms with E-state index in [1.807, 2.05) is 30.5 Å². The van der Waals surface area contributed by atoms with Gasteiger partial charge in [-0.3, -0.25) is 4.79 Å². The Hall–Kier alpha value is -2.14. The summed E-state index contributed by atoms with van der Waals surface area (Å²) in [4.78, 5) is 15.8. The quantitative estimate of drug-likeness (QED) is 0.873. The SMILES string of the molecule is CC(=O)Nc1cccc(-c2cn3c(n2)CCC(N)C3)c1. The van der Waals surface area contributed by atoms with Gasteiger partial charge in [-0.05, 0) is 18.6 Å². The third kappa shape index (κ3) is 2.58. The molecule has 0 saturated heterocycles. The van der Waals surface area contributed by atoms with Crippen LogP contribution in [0.5, 0.6) is 0 Å². The molecule has 2 aromatic rings. The zero-order chi connectivity index (χ0) is 14.1. The molecule has 5 heteroatoms. The van der Waals surface area contributed by atoms with Crippen LogP contribution in [-0.4, -0.2) is 21.5 Å². The molecule has 0 saturated carbocycles. The molecule has 0 fully saturated rings. The Morgan fingerprint density at radius 3 is 3.15 bits per heavy atom. The predicted molar refractivity (Wildman–Crippen MR) is 78.3 cm³/mol. The molecule has 1 amide bonds. The molecule has 1 aromatic heterocycles. The second-order valence-electron chi connectivity index (χ2n) is 5.26. The van der Waals surface area contributed by atoms with Crippen LogP contribution in [0.3, 0.4) is 0 Å². The van der Waals surface area contributed by atoms with E-state index in [1.165, 1.54) is 6.92 Å². The summed E-state index contributed by atoms with van der Waals surface area (Å²) < 4.78 is 2.13. The van der Waals surface area contributed by atoms with Gasteiger partial charge in [0.05, 0.1) is 5.69 Å². The standard InChI is InChI=1S/C15H18N4O/c1-10(20)17-13-4-2-3-11(7-13)14-9-19-8-12(16)5-6-15(19)18-14/h2-4,7,9,12H,5-6,8,16H2,1H3,(H,17,20). The van der Waals surface area contributed by atoms with E-state index in [4.69, 9.17) is 5.73 Å². The number of hydrogen-bond acceptors (Lipinski definition) is 3. The fraction of sp³-hybridized carbons (Fsp3) is 0.333. The number of anilines is 1. The van der Waals surface area contributed by atoms with Gasteiger partial charge in [0.1, 0.15) is 5.82 Å². The number of aryl methyl sites for hydroxylation is 1. The minimum Gasteiger partial charge on any atom is -0.333 e. The molecule has 1 aliphatic heterocycles. The Morgan fingerprint density at radius 2 is 2.35 bits per heavy atom. The van der Waals surface area contributed by atoms with Gasteiger partial charge in [0.25, 0.3) is 0 Å². The number of nitrogens with zero attached hydrogens (tertiary/aromatic N) is 2. The lowest BCUT2D eigenvalue weighted by atomic mass is 10.1. The van der Waals surface area contributed by atoms with Gasteiger partial charge in [-0.1, -0.05) is 12.1 Å². The Morgan fingerprint density at radius 1 is 1.50 bits per heavy atom. The predicted octanol–water partition coefficient (Wildman–Crippen LogP) is 1.78. The highest BCUT2D eigenvalue weighted by Gasteiger charge is 2.18. The molecule has 20 heavy (non-hydrogen) atoms. The van der Waals surface area contributed by atoms with Gasteiger partial charge in [0, 0.05) is 43.4 Å². The van der Waals surface area contributed by atoms with Crippen LogP contribution in [0.2, 0.25) is 0 Å². The molecular formula is C15H18N4O. The molecule has 1 aliphatic rings.